The van der Waals surface area contributed by atoms with Crippen molar-refractivity contribution in [1.29, 1.82) is 0 Å². The van der Waals surface area contributed by atoms with Crippen LogP contribution in [0.5, 0.6) is 0 Å². The van der Waals surface area contributed by atoms with Crippen LogP contribution in [0.4, 0.5) is 14.8 Å². The quantitative estimate of drug-likeness (QED) is 0.520. The van der Waals surface area contributed by atoms with Crippen molar-refractivity contribution in [3.8, 4) is 0 Å². The summed E-state index contributed by atoms with van der Waals surface area (Å²) in [5.41, 5.74) is 0. The summed E-state index contributed by atoms with van der Waals surface area (Å²) < 4.78 is 22.9. The summed E-state index contributed by atoms with van der Waals surface area (Å²) in [6.07, 6.45) is 1.13. The number of halogens is 2. The zero-order chi connectivity index (χ0) is 6.69. The fourth-order valence-electron chi connectivity index (χ4n) is 0.325. The summed E-state index contributed by atoms with van der Waals surface area (Å²) in [5, 5.41) is 8.05. The van der Waals surface area contributed by atoms with Crippen LogP contribution in [-0.4, -0.2) is 15.4 Å². The van der Waals surface area contributed by atoms with Crippen LogP contribution in [0, 0.1) is 0 Å². The first kappa shape index (κ1) is 5.80. The fourth-order valence-corrected chi connectivity index (χ4v) is 0.325. The highest BCUT2D eigenvalue weighted by Gasteiger charge is 2.01. The van der Waals surface area contributed by atoms with E-state index in [9.17, 15) is 8.96 Å². The smallest absolute Gasteiger partial charge is 0.139 e. The maximum atomic E-state index is 11.5. The zero-order valence-electron chi connectivity index (χ0n) is 4.20. The van der Waals surface area contributed by atoms with E-state index in [0.717, 1.165) is 12.3 Å². The Hall–Kier alpha value is -1.33. The van der Waals surface area contributed by atoms with Crippen LogP contribution in [-0.2, 0) is 0 Å². The summed E-state index contributed by atoms with van der Waals surface area (Å²) in [7, 11) is 0. The molecule has 0 spiro atoms. The van der Waals surface area contributed by atoms with E-state index in [1.54, 1.807) is 0 Å². The molecule has 0 saturated carbocycles. The standard InChI is InChI=1S/C3H2F2N4/c4-9(5)3-1-2-6-8-7-3/h1-2H. The van der Waals surface area contributed by atoms with E-state index in [1.807, 2.05) is 0 Å². The molecule has 0 aliphatic carbocycles. The van der Waals surface area contributed by atoms with Gasteiger partial charge < -0.3 is 0 Å². The molecule has 1 rings (SSSR count). The molecule has 0 aliphatic heterocycles. The first-order valence-electron chi connectivity index (χ1n) is 2.07. The molecular formula is C3H2F2N4. The number of hydrogen-bond acceptors (Lipinski definition) is 4. The second kappa shape index (κ2) is 2.29. The minimum atomic E-state index is -1.13. The lowest BCUT2D eigenvalue weighted by Crippen LogP contribution is -2.00. The molecule has 1 aromatic rings. The Morgan fingerprint density at radius 2 is 2.22 bits per heavy atom. The van der Waals surface area contributed by atoms with Gasteiger partial charge in [0.05, 0.1) is 6.20 Å². The summed E-state index contributed by atoms with van der Waals surface area (Å²) >= 11 is 0. The predicted molar refractivity (Wildman–Crippen MR) is 24.5 cm³/mol. The lowest BCUT2D eigenvalue weighted by atomic mass is 10.6. The highest BCUT2D eigenvalue weighted by molar-refractivity contribution is 5.26. The molecule has 48 valence electrons. The van der Waals surface area contributed by atoms with Crippen molar-refractivity contribution in [1.82, 2.24) is 15.4 Å². The molecule has 0 radical (unpaired) electrons. The van der Waals surface area contributed by atoms with Crippen molar-refractivity contribution >= 4 is 5.82 Å². The minimum absolute atomic E-state index is 0.509. The molecule has 0 aliphatic rings. The van der Waals surface area contributed by atoms with Gasteiger partial charge in [0.15, 0.2) is 0 Å². The number of aromatic nitrogens is 3. The lowest BCUT2D eigenvalue weighted by Gasteiger charge is -1.94. The van der Waals surface area contributed by atoms with Gasteiger partial charge in [0.1, 0.15) is 0 Å². The van der Waals surface area contributed by atoms with Gasteiger partial charge in [-0.25, -0.2) is 0 Å². The van der Waals surface area contributed by atoms with Gasteiger partial charge in [-0.1, -0.05) is 8.96 Å². The normalized spacial score (nSPS) is 9.11. The van der Waals surface area contributed by atoms with Crippen LogP contribution in [0.25, 0.3) is 0 Å². The highest BCUT2D eigenvalue weighted by atomic mass is 19.4. The average Bonchev–Trinajstić information content (AvgIpc) is 1.90. The van der Waals surface area contributed by atoms with E-state index in [2.05, 4.69) is 15.4 Å². The van der Waals surface area contributed by atoms with Gasteiger partial charge in [0, 0.05) is 6.07 Å². The van der Waals surface area contributed by atoms with Crippen LogP contribution in [0.1, 0.15) is 0 Å². The SMILES string of the molecule is FN(F)c1ccnnn1. The number of hydrogen-bond donors (Lipinski definition) is 0. The number of rotatable bonds is 1. The third-order valence-corrected chi connectivity index (χ3v) is 0.662. The van der Waals surface area contributed by atoms with Crippen LogP contribution in [0.15, 0.2) is 12.3 Å². The van der Waals surface area contributed by atoms with Crippen molar-refractivity contribution in [2.45, 2.75) is 0 Å². The van der Waals surface area contributed by atoms with Gasteiger partial charge in [-0.05, 0) is 10.6 Å². The van der Waals surface area contributed by atoms with E-state index in [-0.39, 0.29) is 0 Å². The molecule has 0 N–H and O–H groups in total. The van der Waals surface area contributed by atoms with Gasteiger partial charge in [-0.2, -0.15) is 0 Å². The van der Waals surface area contributed by atoms with Crippen LogP contribution >= 0.6 is 0 Å². The highest BCUT2D eigenvalue weighted by Crippen LogP contribution is 2.06. The molecule has 0 amide bonds. The maximum absolute atomic E-state index is 11.5. The molecule has 6 heteroatoms. The van der Waals surface area contributed by atoms with Gasteiger partial charge >= 0.3 is 0 Å². The van der Waals surface area contributed by atoms with E-state index in [4.69, 9.17) is 0 Å². The molecule has 1 heterocycles. The molecule has 0 aromatic carbocycles. The third kappa shape index (κ3) is 1.28. The first-order chi connectivity index (χ1) is 4.30. The number of nitrogens with zero attached hydrogens (tertiary/aromatic N) is 4. The van der Waals surface area contributed by atoms with Gasteiger partial charge in [-0.15, -0.1) is 10.2 Å². The molecule has 0 atom stereocenters. The van der Waals surface area contributed by atoms with Crippen LogP contribution < -0.4 is 5.34 Å². The van der Waals surface area contributed by atoms with Gasteiger partial charge in [-0.3, -0.25) is 0 Å². The Kier molecular flexibility index (Phi) is 1.48. The zero-order valence-corrected chi connectivity index (χ0v) is 4.20. The summed E-state index contributed by atoms with van der Waals surface area (Å²) in [5.74, 6) is -0.509. The molecule has 0 bridgehead atoms. The van der Waals surface area contributed by atoms with Gasteiger partial charge in [0.2, 0.25) is 5.82 Å². The summed E-state index contributed by atoms with van der Waals surface area (Å²) in [6, 6.07) is 1.05. The topological polar surface area (TPSA) is 41.9 Å². The van der Waals surface area contributed by atoms with Crippen molar-refractivity contribution in [2.24, 2.45) is 0 Å². The van der Waals surface area contributed by atoms with Crippen LogP contribution in [0.3, 0.4) is 0 Å². The second-order valence-electron chi connectivity index (χ2n) is 1.21. The van der Waals surface area contributed by atoms with Crippen molar-refractivity contribution < 1.29 is 8.96 Å². The molecule has 0 saturated heterocycles. The Bertz CT molecular complexity index is 176. The Labute approximate surface area is 49.0 Å². The second-order valence-corrected chi connectivity index (χ2v) is 1.21. The summed E-state index contributed by atoms with van der Waals surface area (Å²) in [6.45, 7) is 0. The molecular weight excluding hydrogens is 130 g/mol. The molecule has 0 fully saturated rings. The van der Waals surface area contributed by atoms with Crippen molar-refractivity contribution in [2.75, 3.05) is 5.34 Å². The molecule has 1 aromatic heterocycles. The Balaban J connectivity index is 2.85. The van der Waals surface area contributed by atoms with Crippen molar-refractivity contribution in [3.63, 3.8) is 0 Å². The Morgan fingerprint density at radius 3 is 2.56 bits per heavy atom. The third-order valence-electron chi connectivity index (χ3n) is 0.662. The van der Waals surface area contributed by atoms with Gasteiger partial charge in [0.25, 0.3) is 0 Å². The summed E-state index contributed by atoms with van der Waals surface area (Å²) in [4.78, 5) is 0. The molecule has 0 unspecified atom stereocenters. The largest absolute Gasteiger partial charge is 0.218 e. The minimum Gasteiger partial charge on any atom is -0.139 e. The van der Waals surface area contributed by atoms with E-state index >= 15 is 0 Å². The molecule has 9 heavy (non-hydrogen) atoms. The Morgan fingerprint density at radius 1 is 1.44 bits per heavy atom. The predicted octanol–water partition coefficient (Wildman–Crippen LogP) is 0.447. The van der Waals surface area contributed by atoms with E-state index < -0.39 is 11.2 Å². The molecule has 4 nitrogen and oxygen atoms in total. The fraction of sp³-hybridized carbons (Fsp3) is 0. The van der Waals surface area contributed by atoms with Crippen LogP contribution in [0.2, 0.25) is 0 Å². The monoisotopic (exact) mass is 132 g/mol. The van der Waals surface area contributed by atoms with E-state index in [1.165, 1.54) is 0 Å². The van der Waals surface area contributed by atoms with E-state index in [0.29, 0.717) is 0 Å². The first-order valence-corrected chi connectivity index (χ1v) is 2.07. The average molecular weight is 132 g/mol. The number of anilines is 1. The maximum Gasteiger partial charge on any atom is 0.218 e. The lowest BCUT2D eigenvalue weighted by molar-refractivity contribution is 0.230. The van der Waals surface area contributed by atoms with Crippen molar-refractivity contribution in [3.05, 3.63) is 12.3 Å².